The number of ether oxygens (including phenoxy) is 1. The van der Waals surface area contributed by atoms with Crippen molar-refractivity contribution in [2.24, 2.45) is 0 Å². The van der Waals surface area contributed by atoms with Gasteiger partial charge in [-0.3, -0.25) is 0 Å². The number of carbonyl (C=O) groups excluding carboxylic acids is 1. The van der Waals surface area contributed by atoms with E-state index in [0.29, 0.717) is 16.9 Å². The Morgan fingerprint density at radius 3 is 2.30 bits per heavy atom. The largest absolute Gasteiger partial charge is 0.423 e. The fraction of sp³-hybridized carbons (Fsp3) is 0.0435. The summed E-state index contributed by atoms with van der Waals surface area (Å²) in [6.45, 7) is 1.94. The van der Waals surface area contributed by atoms with Gasteiger partial charge in [-0.2, -0.15) is 5.26 Å². The standard InChI is InChI=1S/C23H16FNO2/c1-16-6-10-18(11-7-16)23(26)27-20-12-8-17(9-13-20)14-19(15-25)21-4-2-3-5-22(21)24/h2-14H,1H3/b19-14-. The van der Waals surface area contributed by atoms with Crippen molar-refractivity contribution < 1.29 is 13.9 Å². The Balaban J connectivity index is 1.77. The van der Waals surface area contributed by atoms with E-state index in [1.165, 1.54) is 6.07 Å². The van der Waals surface area contributed by atoms with Gasteiger partial charge in [0.15, 0.2) is 0 Å². The molecule has 0 radical (unpaired) electrons. The zero-order chi connectivity index (χ0) is 19.2. The minimum absolute atomic E-state index is 0.220. The van der Waals surface area contributed by atoms with Crippen LogP contribution in [0.3, 0.4) is 0 Å². The first-order chi connectivity index (χ1) is 13.1. The maximum atomic E-state index is 13.9. The summed E-state index contributed by atoms with van der Waals surface area (Å²) < 4.78 is 19.2. The van der Waals surface area contributed by atoms with Crippen LogP contribution in [0.15, 0.2) is 72.8 Å². The van der Waals surface area contributed by atoms with Gasteiger partial charge in [0.25, 0.3) is 0 Å². The summed E-state index contributed by atoms with van der Waals surface area (Å²) in [5.41, 5.74) is 2.69. The molecule has 0 unspecified atom stereocenters. The molecule has 0 saturated heterocycles. The van der Waals surface area contributed by atoms with Gasteiger partial charge in [0.05, 0.1) is 17.2 Å². The minimum Gasteiger partial charge on any atom is -0.423 e. The van der Waals surface area contributed by atoms with Gasteiger partial charge in [-0.05, 0) is 48.9 Å². The number of carbonyl (C=O) groups is 1. The highest BCUT2D eigenvalue weighted by Gasteiger charge is 2.09. The van der Waals surface area contributed by atoms with E-state index < -0.39 is 11.8 Å². The average molecular weight is 357 g/mol. The maximum Gasteiger partial charge on any atom is 0.343 e. The number of benzene rings is 3. The summed E-state index contributed by atoms with van der Waals surface area (Å²) in [5.74, 6) is -0.501. The molecule has 0 heterocycles. The molecule has 0 aliphatic heterocycles. The molecule has 3 nitrogen and oxygen atoms in total. The minimum atomic E-state index is -0.450. The Labute approximate surface area is 157 Å². The number of esters is 1. The highest BCUT2D eigenvalue weighted by atomic mass is 19.1. The summed E-state index contributed by atoms with van der Waals surface area (Å²) in [5, 5.41) is 9.33. The first-order valence-corrected chi connectivity index (χ1v) is 8.32. The molecule has 3 aromatic rings. The van der Waals surface area contributed by atoms with Gasteiger partial charge >= 0.3 is 5.97 Å². The van der Waals surface area contributed by atoms with Crippen molar-refractivity contribution in [1.82, 2.24) is 0 Å². The van der Waals surface area contributed by atoms with Crippen LogP contribution in [0.25, 0.3) is 11.6 Å². The van der Waals surface area contributed by atoms with Crippen molar-refractivity contribution >= 4 is 17.6 Å². The lowest BCUT2D eigenvalue weighted by molar-refractivity contribution is 0.0735. The number of nitrogens with zero attached hydrogens (tertiary/aromatic N) is 1. The fourth-order valence-corrected chi connectivity index (χ4v) is 2.50. The first kappa shape index (κ1) is 18.1. The zero-order valence-corrected chi connectivity index (χ0v) is 14.6. The molecule has 0 aliphatic rings. The molecular formula is C23H16FNO2. The van der Waals surface area contributed by atoms with E-state index in [4.69, 9.17) is 4.74 Å². The van der Waals surface area contributed by atoms with Crippen LogP contribution in [0, 0.1) is 24.1 Å². The van der Waals surface area contributed by atoms with Crippen molar-refractivity contribution in [3.05, 3.63) is 101 Å². The molecule has 0 aliphatic carbocycles. The van der Waals surface area contributed by atoms with E-state index in [-0.39, 0.29) is 11.1 Å². The molecule has 0 atom stereocenters. The topological polar surface area (TPSA) is 50.1 Å². The monoisotopic (exact) mass is 357 g/mol. The molecule has 0 aromatic heterocycles. The number of rotatable bonds is 4. The van der Waals surface area contributed by atoms with E-state index >= 15 is 0 Å². The molecule has 0 amide bonds. The van der Waals surface area contributed by atoms with E-state index in [0.717, 1.165) is 5.56 Å². The van der Waals surface area contributed by atoms with Crippen LogP contribution in [-0.4, -0.2) is 5.97 Å². The number of halogens is 1. The lowest BCUT2D eigenvalue weighted by Gasteiger charge is -2.05. The highest BCUT2D eigenvalue weighted by molar-refractivity contribution is 5.91. The van der Waals surface area contributed by atoms with Gasteiger partial charge in [0, 0.05) is 5.56 Å². The van der Waals surface area contributed by atoms with Crippen molar-refractivity contribution in [1.29, 1.82) is 5.26 Å². The number of hydrogen-bond acceptors (Lipinski definition) is 3. The lowest BCUT2D eigenvalue weighted by atomic mass is 10.0. The van der Waals surface area contributed by atoms with Gasteiger partial charge in [-0.25, -0.2) is 9.18 Å². The van der Waals surface area contributed by atoms with Crippen molar-refractivity contribution in [2.45, 2.75) is 6.92 Å². The van der Waals surface area contributed by atoms with Crippen molar-refractivity contribution in [3.63, 3.8) is 0 Å². The number of hydrogen-bond donors (Lipinski definition) is 0. The summed E-state index contributed by atoms with van der Waals surface area (Å²) in [4.78, 5) is 12.1. The smallest absolute Gasteiger partial charge is 0.343 e. The van der Waals surface area contributed by atoms with Crippen LogP contribution >= 0.6 is 0 Å². The Morgan fingerprint density at radius 1 is 1.00 bits per heavy atom. The fourth-order valence-electron chi connectivity index (χ4n) is 2.50. The summed E-state index contributed by atoms with van der Waals surface area (Å²) in [6.07, 6.45) is 1.59. The van der Waals surface area contributed by atoms with Crippen molar-refractivity contribution in [3.8, 4) is 11.8 Å². The SMILES string of the molecule is Cc1ccc(C(=O)Oc2ccc(/C=C(/C#N)c3ccccc3F)cc2)cc1. The molecule has 132 valence electrons. The molecule has 4 heteroatoms. The molecule has 0 N–H and O–H groups in total. The quantitative estimate of drug-likeness (QED) is 0.271. The number of allylic oxidation sites excluding steroid dienone is 1. The van der Waals surface area contributed by atoms with Crippen LogP contribution < -0.4 is 4.74 Å². The predicted molar refractivity (Wildman–Crippen MR) is 102 cm³/mol. The Bertz CT molecular complexity index is 1030. The second-order valence-corrected chi connectivity index (χ2v) is 5.97. The summed E-state index contributed by atoms with van der Waals surface area (Å²) in [7, 11) is 0. The molecule has 0 spiro atoms. The highest BCUT2D eigenvalue weighted by Crippen LogP contribution is 2.22. The van der Waals surface area contributed by atoms with Crippen LogP contribution in [0.4, 0.5) is 4.39 Å². The zero-order valence-electron chi connectivity index (χ0n) is 14.6. The Kier molecular flexibility index (Phi) is 5.44. The number of aryl methyl sites for hydroxylation is 1. The Hall–Kier alpha value is -3.71. The third-order valence-electron chi connectivity index (χ3n) is 3.97. The maximum absolute atomic E-state index is 13.9. The molecule has 3 aromatic carbocycles. The second-order valence-electron chi connectivity index (χ2n) is 5.97. The predicted octanol–water partition coefficient (Wildman–Crippen LogP) is 5.42. The number of nitriles is 1. The van der Waals surface area contributed by atoms with E-state index in [2.05, 4.69) is 0 Å². The van der Waals surface area contributed by atoms with E-state index in [1.54, 1.807) is 60.7 Å². The normalized spacial score (nSPS) is 10.9. The Morgan fingerprint density at radius 2 is 1.67 bits per heavy atom. The van der Waals surface area contributed by atoms with Crippen LogP contribution in [0.5, 0.6) is 5.75 Å². The average Bonchev–Trinajstić information content (AvgIpc) is 2.68. The van der Waals surface area contributed by atoms with Crippen LogP contribution in [-0.2, 0) is 0 Å². The molecule has 27 heavy (non-hydrogen) atoms. The van der Waals surface area contributed by atoms with Crippen LogP contribution in [0.1, 0.15) is 27.0 Å². The lowest BCUT2D eigenvalue weighted by Crippen LogP contribution is -2.08. The van der Waals surface area contributed by atoms with Gasteiger partial charge < -0.3 is 4.74 Å². The molecular weight excluding hydrogens is 341 g/mol. The third kappa shape index (κ3) is 4.47. The summed E-state index contributed by atoms with van der Waals surface area (Å²) >= 11 is 0. The van der Waals surface area contributed by atoms with Crippen LogP contribution in [0.2, 0.25) is 0 Å². The first-order valence-electron chi connectivity index (χ1n) is 8.32. The molecule has 0 bridgehead atoms. The van der Waals surface area contributed by atoms with Gasteiger partial charge in [-0.1, -0.05) is 48.0 Å². The van der Waals surface area contributed by atoms with Gasteiger partial charge in [0.1, 0.15) is 11.6 Å². The van der Waals surface area contributed by atoms with E-state index in [9.17, 15) is 14.4 Å². The van der Waals surface area contributed by atoms with Crippen molar-refractivity contribution in [2.75, 3.05) is 0 Å². The van der Waals surface area contributed by atoms with Gasteiger partial charge in [-0.15, -0.1) is 0 Å². The molecule has 3 rings (SSSR count). The van der Waals surface area contributed by atoms with Gasteiger partial charge in [0.2, 0.25) is 0 Å². The van der Waals surface area contributed by atoms with E-state index in [1.807, 2.05) is 25.1 Å². The summed E-state index contributed by atoms with van der Waals surface area (Å²) in [6, 6.07) is 21.9. The molecule has 0 fully saturated rings. The third-order valence-corrected chi connectivity index (χ3v) is 3.97. The second kappa shape index (κ2) is 8.11. The molecule has 0 saturated carbocycles.